The lowest BCUT2D eigenvalue weighted by atomic mass is 10.1. The highest BCUT2D eigenvalue weighted by molar-refractivity contribution is 9.09. The Hall–Kier alpha value is -0.870. The molecule has 4 heteroatoms. The van der Waals surface area contributed by atoms with Crippen molar-refractivity contribution < 1.29 is 4.79 Å². The Labute approximate surface area is 123 Å². The van der Waals surface area contributed by atoms with Gasteiger partial charge in [-0.15, -0.1) is 0 Å². The largest absolute Gasteiger partial charge is 0.337 e. The molecule has 1 aromatic rings. The van der Waals surface area contributed by atoms with Crippen LogP contribution in [0.2, 0.25) is 0 Å². The van der Waals surface area contributed by atoms with Gasteiger partial charge in [-0.1, -0.05) is 33.6 Å². The van der Waals surface area contributed by atoms with Gasteiger partial charge in [0.1, 0.15) is 0 Å². The van der Waals surface area contributed by atoms with Crippen LogP contribution < -0.4 is 0 Å². The fourth-order valence-electron chi connectivity index (χ4n) is 2.40. The molecule has 0 aromatic heterocycles. The summed E-state index contributed by atoms with van der Waals surface area (Å²) in [6.07, 6.45) is 1.06. The first-order valence-corrected chi connectivity index (χ1v) is 7.97. The summed E-state index contributed by atoms with van der Waals surface area (Å²) >= 11 is 3.48. The van der Waals surface area contributed by atoms with E-state index in [1.165, 1.54) is 5.56 Å². The molecule has 0 unspecified atom stereocenters. The fraction of sp³-hybridized carbons (Fsp3) is 0.533. The van der Waals surface area contributed by atoms with Crippen molar-refractivity contribution in [2.45, 2.75) is 13.3 Å². The molecule has 1 fully saturated rings. The molecule has 0 N–H and O–H groups in total. The van der Waals surface area contributed by atoms with Crippen LogP contribution in [0, 0.1) is 6.92 Å². The number of carbonyl (C=O) groups is 1. The maximum Gasteiger partial charge on any atom is 0.253 e. The van der Waals surface area contributed by atoms with E-state index in [1.54, 1.807) is 0 Å². The molecule has 0 saturated carbocycles. The van der Waals surface area contributed by atoms with Gasteiger partial charge in [0.15, 0.2) is 0 Å². The Morgan fingerprint density at radius 3 is 2.58 bits per heavy atom. The molecule has 104 valence electrons. The first-order chi connectivity index (χ1) is 9.20. The van der Waals surface area contributed by atoms with Crippen molar-refractivity contribution in [1.82, 2.24) is 9.80 Å². The normalized spacial score (nSPS) is 17.3. The van der Waals surface area contributed by atoms with Crippen molar-refractivity contribution in [3.63, 3.8) is 0 Å². The lowest BCUT2D eigenvalue weighted by Crippen LogP contribution is -2.35. The van der Waals surface area contributed by atoms with E-state index in [0.29, 0.717) is 0 Å². The summed E-state index contributed by atoms with van der Waals surface area (Å²) in [5.74, 6) is 0.167. The third kappa shape index (κ3) is 4.05. The van der Waals surface area contributed by atoms with Crippen molar-refractivity contribution in [3.8, 4) is 0 Å². The van der Waals surface area contributed by atoms with Crippen LogP contribution >= 0.6 is 15.9 Å². The number of aryl methyl sites for hydroxylation is 1. The zero-order valence-corrected chi connectivity index (χ0v) is 13.0. The van der Waals surface area contributed by atoms with Gasteiger partial charge in [-0.3, -0.25) is 4.79 Å². The van der Waals surface area contributed by atoms with Crippen molar-refractivity contribution in [2.75, 3.05) is 38.1 Å². The maximum atomic E-state index is 12.4. The first-order valence-electron chi connectivity index (χ1n) is 6.85. The second kappa shape index (κ2) is 7.06. The van der Waals surface area contributed by atoms with Gasteiger partial charge in [-0.25, -0.2) is 0 Å². The molecule has 1 aliphatic heterocycles. The molecule has 0 spiro atoms. The zero-order valence-electron chi connectivity index (χ0n) is 11.4. The third-order valence-electron chi connectivity index (χ3n) is 3.57. The fourth-order valence-corrected chi connectivity index (χ4v) is 2.90. The molecular weight excluding hydrogens is 304 g/mol. The van der Waals surface area contributed by atoms with Gasteiger partial charge < -0.3 is 9.80 Å². The van der Waals surface area contributed by atoms with E-state index in [2.05, 4.69) is 20.8 Å². The average molecular weight is 325 g/mol. The average Bonchev–Trinajstić information content (AvgIpc) is 2.65. The number of amides is 1. The van der Waals surface area contributed by atoms with Crippen LogP contribution in [0.25, 0.3) is 0 Å². The number of halogens is 1. The SMILES string of the molecule is Cc1ccc(C(=O)N2CCCN(CCBr)CC2)cc1. The first kappa shape index (κ1) is 14.5. The molecule has 0 aliphatic carbocycles. The molecule has 0 atom stereocenters. The Balaban J connectivity index is 1.98. The quantitative estimate of drug-likeness (QED) is 0.798. The molecule has 1 saturated heterocycles. The number of hydrogen-bond acceptors (Lipinski definition) is 2. The molecule has 19 heavy (non-hydrogen) atoms. The van der Waals surface area contributed by atoms with Crippen LogP contribution in [0.3, 0.4) is 0 Å². The molecule has 1 aliphatic rings. The summed E-state index contributed by atoms with van der Waals surface area (Å²) in [4.78, 5) is 16.8. The second-order valence-corrected chi connectivity index (χ2v) is 5.84. The van der Waals surface area contributed by atoms with Gasteiger partial charge in [0.05, 0.1) is 0 Å². The van der Waals surface area contributed by atoms with Crippen LogP contribution in [0.1, 0.15) is 22.3 Å². The molecule has 1 amide bonds. The lowest BCUT2D eigenvalue weighted by molar-refractivity contribution is 0.0762. The molecule has 2 rings (SSSR count). The van der Waals surface area contributed by atoms with E-state index >= 15 is 0 Å². The molecule has 3 nitrogen and oxygen atoms in total. The third-order valence-corrected chi connectivity index (χ3v) is 3.93. The van der Waals surface area contributed by atoms with Gasteiger partial charge >= 0.3 is 0 Å². The predicted molar refractivity (Wildman–Crippen MR) is 81.9 cm³/mol. The number of rotatable bonds is 3. The van der Waals surface area contributed by atoms with Gasteiger partial charge in [0.25, 0.3) is 5.91 Å². The monoisotopic (exact) mass is 324 g/mol. The molecule has 0 bridgehead atoms. The highest BCUT2D eigenvalue weighted by Gasteiger charge is 2.19. The summed E-state index contributed by atoms with van der Waals surface area (Å²) in [5, 5.41) is 0.999. The standard InChI is InChI=1S/C15H21BrN2O/c1-13-3-5-14(6-4-13)15(19)18-9-2-8-17(10-7-16)11-12-18/h3-6H,2,7-12H2,1H3. The maximum absolute atomic E-state index is 12.4. The minimum absolute atomic E-state index is 0.167. The van der Waals surface area contributed by atoms with E-state index in [1.807, 2.05) is 36.1 Å². The van der Waals surface area contributed by atoms with Crippen LogP contribution in [-0.2, 0) is 0 Å². The minimum atomic E-state index is 0.167. The van der Waals surface area contributed by atoms with Crippen molar-refractivity contribution in [2.24, 2.45) is 0 Å². The Kier molecular flexibility index (Phi) is 5.40. The summed E-state index contributed by atoms with van der Waals surface area (Å²) in [5.41, 5.74) is 2.00. The van der Waals surface area contributed by atoms with E-state index in [-0.39, 0.29) is 5.91 Å². The summed E-state index contributed by atoms with van der Waals surface area (Å²) in [7, 11) is 0. The topological polar surface area (TPSA) is 23.6 Å². The van der Waals surface area contributed by atoms with E-state index < -0.39 is 0 Å². The van der Waals surface area contributed by atoms with E-state index in [4.69, 9.17) is 0 Å². The number of benzene rings is 1. The molecule has 0 radical (unpaired) electrons. The van der Waals surface area contributed by atoms with Gasteiger partial charge in [-0.2, -0.15) is 0 Å². The Morgan fingerprint density at radius 2 is 1.89 bits per heavy atom. The Morgan fingerprint density at radius 1 is 1.16 bits per heavy atom. The number of alkyl halides is 1. The smallest absolute Gasteiger partial charge is 0.253 e. The van der Waals surface area contributed by atoms with Gasteiger partial charge in [-0.05, 0) is 32.0 Å². The summed E-state index contributed by atoms with van der Waals surface area (Å²) in [6, 6.07) is 7.86. The number of nitrogens with zero attached hydrogens (tertiary/aromatic N) is 2. The lowest BCUT2D eigenvalue weighted by Gasteiger charge is -2.21. The van der Waals surface area contributed by atoms with E-state index in [0.717, 1.165) is 50.0 Å². The van der Waals surface area contributed by atoms with Crippen molar-refractivity contribution >= 4 is 21.8 Å². The number of hydrogen-bond donors (Lipinski definition) is 0. The molecular formula is C15H21BrN2O. The van der Waals surface area contributed by atoms with Gasteiger partial charge in [0, 0.05) is 37.1 Å². The van der Waals surface area contributed by atoms with Gasteiger partial charge in [0.2, 0.25) is 0 Å². The Bertz CT molecular complexity index is 419. The summed E-state index contributed by atoms with van der Waals surface area (Å²) < 4.78 is 0. The predicted octanol–water partition coefficient (Wildman–Crippen LogP) is 2.54. The van der Waals surface area contributed by atoms with Crippen LogP contribution in [0.15, 0.2) is 24.3 Å². The van der Waals surface area contributed by atoms with E-state index in [9.17, 15) is 4.79 Å². The highest BCUT2D eigenvalue weighted by Crippen LogP contribution is 2.10. The molecule has 1 heterocycles. The van der Waals surface area contributed by atoms with Crippen molar-refractivity contribution in [1.29, 1.82) is 0 Å². The van der Waals surface area contributed by atoms with Crippen LogP contribution in [-0.4, -0.2) is 53.8 Å². The highest BCUT2D eigenvalue weighted by atomic mass is 79.9. The molecule has 1 aromatic carbocycles. The summed E-state index contributed by atoms with van der Waals surface area (Å²) in [6.45, 7) is 6.86. The minimum Gasteiger partial charge on any atom is -0.337 e. The van der Waals surface area contributed by atoms with Crippen LogP contribution in [0.5, 0.6) is 0 Å². The second-order valence-electron chi connectivity index (χ2n) is 5.04. The van der Waals surface area contributed by atoms with Crippen molar-refractivity contribution in [3.05, 3.63) is 35.4 Å². The van der Waals surface area contributed by atoms with Crippen LogP contribution in [0.4, 0.5) is 0 Å². The number of carbonyl (C=O) groups excluding carboxylic acids is 1. The zero-order chi connectivity index (χ0) is 13.7.